The molecule has 1 aliphatic heterocycles. The van der Waals surface area contributed by atoms with Crippen LogP contribution in [0.5, 0.6) is 0 Å². The molecule has 1 aliphatic carbocycles. The highest BCUT2D eigenvalue weighted by Gasteiger charge is 2.36. The Morgan fingerprint density at radius 3 is 2.70 bits per heavy atom. The second kappa shape index (κ2) is 9.00. The number of sulfone groups is 1. The third kappa shape index (κ3) is 4.79. The van der Waals surface area contributed by atoms with Crippen LogP contribution < -0.4 is 5.32 Å². The number of hydrogen-bond donors (Lipinski definition) is 2. The van der Waals surface area contributed by atoms with E-state index in [1.807, 2.05) is 0 Å². The number of oxime groups is 1. The maximum absolute atomic E-state index is 13.1. The van der Waals surface area contributed by atoms with E-state index in [9.17, 15) is 13.2 Å². The highest BCUT2D eigenvalue weighted by molar-refractivity contribution is 7.92. The zero-order valence-electron chi connectivity index (χ0n) is 17.3. The molecule has 0 unspecified atom stereocenters. The Labute approximate surface area is 193 Å². The van der Waals surface area contributed by atoms with Gasteiger partial charge in [-0.3, -0.25) is 15.2 Å². The van der Waals surface area contributed by atoms with Gasteiger partial charge in [0, 0.05) is 12.0 Å². The molecule has 0 radical (unpaired) electrons. The highest BCUT2D eigenvalue weighted by Crippen LogP contribution is 2.33. The van der Waals surface area contributed by atoms with Gasteiger partial charge in [0.1, 0.15) is 6.33 Å². The Hall–Kier alpha value is -3.16. The number of anilines is 1. The lowest BCUT2D eigenvalue weighted by Gasteiger charge is -2.10. The molecular formula is C20H20N6O5S2. The number of nitrogens with one attached hydrogen (secondary N) is 2. The molecule has 0 bridgehead atoms. The Morgan fingerprint density at radius 2 is 2.03 bits per heavy atom. The summed E-state index contributed by atoms with van der Waals surface area (Å²) in [6.45, 7) is 0.961. The van der Waals surface area contributed by atoms with Crippen molar-refractivity contribution in [3.63, 3.8) is 0 Å². The van der Waals surface area contributed by atoms with Crippen molar-refractivity contribution in [2.24, 2.45) is 5.16 Å². The molecule has 0 spiro atoms. The number of benzene rings is 1. The molecule has 2 aromatic heterocycles. The van der Waals surface area contributed by atoms with E-state index in [-0.39, 0.29) is 22.0 Å². The van der Waals surface area contributed by atoms with Crippen molar-refractivity contribution >= 4 is 37.9 Å². The highest BCUT2D eigenvalue weighted by atomic mass is 32.2. The average molecular weight is 489 g/mol. The Morgan fingerprint density at radius 1 is 1.21 bits per heavy atom. The van der Waals surface area contributed by atoms with Crippen molar-refractivity contribution in [3.8, 4) is 10.7 Å². The van der Waals surface area contributed by atoms with Gasteiger partial charge in [-0.1, -0.05) is 28.6 Å². The van der Waals surface area contributed by atoms with Crippen molar-refractivity contribution < 1.29 is 22.8 Å². The number of aromatic nitrogens is 4. The first-order chi connectivity index (χ1) is 16.0. The number of carbonyl (C=O) groups is 1. The molecule has 11 nitrogen and oxygen atoms in total. The molecular weight excluding hydrogens is 468 g/mol. The van der Waals surface area contributed by atoms with Gasteiger partial charge in [-0.15, -0.1) is 0 Å². The van der Waals surface area contributed by atoms with E-state index in [1.165, 1.54) is 29.8 Å². The summed E-state index contributed by atoms with van der Waals surface area (Å²) in [5.74, 6) is 0.00380. The number of nitrogens with zero attached hydrogens (tertiary/aromatic N) is 4. The number of carbonyl (C=O) groups excluding carboxylic acids is 1. The van der Waals surface area contributed by atoms with Gasteiger partial charge < -0.3 is 9.57 Å². The molecule has 3 aromatic rings. The molecule has 13 heteroatoms. The van der Waals surface area contributed by atoms with Gasteiger partial charge in [-0.05, 0) is 25.0 Å². The molecule has 1 saturated carbocycles. The summed E-state index contributed by atoms with van der Waals surface area (Å²) in [6.07, 6.45) is 4.74. The standard InChI is InChI=1S/C20H20N6O5S2/c27-19(24-20-21-9-16(32-20)18-22-11-23-25-18)17(26-31-13-7-8-30-10-13)12-1-3-14(4-2-12)33(28,29)15-5-6-15/h1-4,9,11,13,15H,5-8,10H2,(H,21,24,27)(H,22,23,25)/t13-/m1/s1. The normalized spacial score (nSPS) is 18.9. The Kier molecular flexibility index (Phi) is 5.91. The van der Waals surface area contributed by atoms with E-state index in [4.69, 9.17) is 9.57 Å². The third-order valence-electron chi connectivity index (χ3n) is 5.19. The molecule has 1 atom stereocenters. The zero-order chi connectivity index (χ0) is 22.8. The first kappa shape index (κ1) is 21.7. The number of rotatable bonds is 8. The maximum atomic E-state index is 13.1. The predicted molar refractivity (Wildman–Crippen MR) is 120 cm³/mol. The van der Waals surface area contributed by atoms with Crippen LogP contribution in [0.15, 0.2) is 46.8 Å². The van der Waals surface area contributed by atoms with E-state index in [0.29, 0.717) is 53.9 Å². The van der Waals surface area contributed by atoms with E-state index in [1.54, 1.807) is 18.3 Å². The Bertz CT molecular complexity index is 1260. The molecule has 1 saturated heterocycles. The van der Waals surface area contributed by atoms with Crippen LogP contribution in [-0.2, 0) is 24.2 Å². The minimum atomic E-state index is -3.33. The molecule has 33 heavy (non-hydrogen) atoms. The molecule has 1 aromatic carbocycles. The van der Waals surface area contributed by atoms with Gasteiger partial charge >= 0.3 is 0 Å². The lowest BCUT2D eigenvalue weighted by Crippen LogP contribution is -2.25. The number of amides is 1. The van der Waals surface area contributed by atoms with Crippen molar-refractivity contribution in [1.29, 1.82) is 0 Å². The van der Waals surface area contributed by atoms with Crippen molar-refractivity contribution in [2.45, 2.75) is 35.5 Å². The average Bonchev–Trinajstić information content (AvgIpc) is 3.20. The van der Waals surface area contributed by atoms with Crippen LogP contribution in [0.1, 0.15) is 24.8 Å². The van der Waals surface area contributed by atoms with Gasteiger partial charge in [0.2, 0.25) is 0 Å². The van der Waals surface area contributed by atoms with Crippen LogP contribution in [0.4, 0.5) is 5.13 Å². The van der Waals surface area contributed by atoms with Crippen LogP contribution in [0, 0.1) is 0 Å². The first-order valence-corrected chi connectivity index (χ1v) is 12.7. The summed E-state index contributed by atoms with van der Waals surface area (Å²) < 4.78 is 30.3. The van der Waals surface area contributed by atoms with Crippen LogP contribution in [-0.4, -0.2) is 64.8 Å². The lowest BCUT2D eigenvalue weighted by molar-refractivity contribution is -0.110. The monoisotopic (exact) mass is 488 g/mol. The fraction of sp³-hybridized carbons (Fsp3) is 0.350. The molecule has 5 rings (SSSR count). The molecule has 2 N–H and O–H groups in total. The van der Waals surface area contributed by atoms with Crippen LogP contribution in [0.25, 0.3) is 10.7 Å². The third-order valence-corrected chi connectivity index (χ3v) is 8.39. The molecule has 1 amide bonds. The molecule has 172 valence electrons. The predicted octanol–water partition coefficient (Wildman–Crippen LogP) is 2.01. The second-order valence-electron chi connectivity index (χ2n) is 7.62. The summed E-state index contributed by atoms with van der Waals surface area (Å²) in [5.41, 5.74) is 0.432. The number of H-pyrrole nitrogens is 1. The first-order valence-electron chi connectivity index (χ1n) is 10.3. The largest absolute Gasteiger partial charge is 0.389 e. The zero-order valence-corrected chi connectivity index (χ0v) is 18.9. The minimum Gasteiger partial charge on any atom is -0.389 e. The minimum absolute atomic E-state index is 0.00804. The van der Waals surface area contributed by atoms with Gasteiger partial charge in [-0.2, -0.15) is 5.10 Å². The van der Waals surface area contributed by atoms with E-state index in [0.717, 1.165) is 0 Å². The number of hydrogen-bond acceptors (Lipinski definition) is 10. The Balaban J connectivity index is 1.38. The quantitative estimate of drug-likeness (QED) is 0.361. The smallest absolute Gasteiger partial charge is 0.280 e. The van der Waals surface area contributed by atoms with E-state index in [2.05, 4.69) is 30.6 Å². The van der Waals surface area contributed by atoms with Crippen LogP contribution in [0.2, 0.25) is 0 Å². The van der Waals surface area contributed by atoms with Gasteiger partial charge in [0.25, 0.3) is 5.91 Å². The van der Waals surface area contributed by atoms with Gasteiger partial charge in [0.05, 0.1) is 34.4 Å². The molecule has 2 aliphatic rings. The summed E-state index contributed by atoms with van der Waals surface area (Å²) in [5, 5.41) is 13.4. The molecule has 2 fully saturated rings. The summed E-state index contributed by atoms with van der Waals surface area (Å²) in [6, 6.07) is 6.11. The van der Waals surface area contributed by atoms with Crippen molar-refractivity contribution in [1.82, 2.24) is 20.2 Å². The maximum Gasteiger partial charge on any atom is 0.280 e. The summed E-state index contributed by atoms with van der Waals surface area (Å²) in [4.78, 5) is 27.8. The van der Waals surface area contributed by atoms with Crippen molar-refractivity contribution in [2.75, 3.05) is 18.5 Å². The second-order valence-corrected chi connectivity index (χ2v) is 10.9. The van der Waals surface area contributed by atoms with Gasteiger partial charge in [0.15, 0.2) is 32.6 Å². The SMILES string of the molecule is O=C(Nc1ncc(-c2ncn[nH]2)s1)C(=NO[C@@H]1CCOC1)c1ccc(S(=O)(=O)C2CC2)cc1. The van der Waals surface area contributed by atoms with E-state index >= 15 is 0 Å². The number of aromatic amines is 1. The summed E-state index contributed by atoms with van der Waals surface area (Å²) in [7, 11) is -3.33. The van der Waals surface area contributed by atoms with Crippen LogP contribution >= 0.6 is 11.3 Å². The molecule has 3 heterocycles. The lowest BCUT2D eigenvalue weighted by atomic mass is 10.1. The van der Waals surface area contributed by atoms with E-state index < -0.39 is 15.7 Å². The number of thiazole rings is 1. The topological polar surface area (TPSA) is 149 Å². The van der Waals surface area contributed by atoms with Crippen LogP contribution in [0.3, 0.4) is 0 Å². The number of ether oxygens (including phenoxy) is 1. The van der Waals surface area contributed by atoms with Crippen molar-refractivity contribution in [3.05, 3.63) is 42.4 Å². The fourth-order valence-electron chi connectivity index (χ4n) is 3.24. The van der Waals surface area contributed by atoms with Gasteiger partial charge in [-0.25, -0.2) is 18.4 Å². The fourth-order valence-corrected chi connectivity index (χ4v) is 5.66. The summed E-state index contributed by atoms with van der Waals surface area (Å²) >= 11 is 1.22.